The summed E-state index contributed by atoms with van der Waals surface area (Å²) in [5.41, 5.74) is 7.44. The fraction of sp³-hybridized carbons (Fsp3) is 0.261. The number of methoxy groups -OCH3 is 2. The second-order valence-electron chi connectivity index (χ2n) is 7.32. The zero-order chi connectivity index (χ0) is 22.7. The van der Waals surface area contributed by atoms with Crippen LogP contribution in [-0.4, -0.2) is 61.2 Å². The summed E-state index contributed by atoms with van der Waals surface area (Å²) in [5, 5.41) is 0.660. The van der Waals surface area contributed by atoms with Crippen molar-refractivity contribution in [1.29, 1.82) is 0 Å². The van der Waals surface area contributed by atoms with E-state index >= 15 is 0 Å². The van der Waals surface area contributed by atoms with Gasteiger partial charge in [0.1, 0.15) is 5.82 Å². The third kappa shape index (κ3) is 4.27. The molecule has 1 aromatic heterocycles. The van der Waals surface area contributed by atoms with E-state index < -0.39 is 11.7 Å². The number of benzene rings is 2. The first-order chi connectivity index (χ1) is 15.5. The van der Waals surface area contributed by atoms with Gasteiger partial charge >= 0.3 is 0 Å². The van der Waals surface area contributed by atoms with Crippen molar-refractivity contribution in [2.24, 2.45) is 0 Å². The van der Waals surface area contributed by atoms with Gasteiger partial charge < -0.3 is 25.0 Å². The van der Waals surface area contributed by atoms with Gasteiger partial charge in [0.15, 0.2) is 17.3 Å². The molecular weight excluding hydrogens is 413 g/mol. The Kier molecular flexibility index (Phi) is 6.07. The van der Waals surface area contributed by atoms with Gasteiger partial charge in [-0.05, 0) is 17.7 Å². The van der Waals surface area contributed by atoms with Gasteiger partial charge in [-0.15, -0.1) is 0 Å². The molecule has 1 amide bonds. The van der Waals surface area contributed by atoms with Crippen LogP contribution in [0.3, 0.4) is 0 Å². The number of nitrogens with zero attached hydrogens (tertiary/aromatic N) is 4. The molecule has 8 nitrogen and oxygen atoms in total. The van der Waals surface area contributed by atoms with Crippen LogP contribution in [0.1, 0.15) is 5.56 Å². The van der Waals surface area contributed by atoms with Crippen LogP contribution < -0.4 is 20.1 Å². The average Bonchev–Trinajstić information content (AvgIpc) is 2.83. The largest absolute Gasteiger partial charge is 0.493 e. The van der Waals surface area contributed by atoms with Crippen molar-refractivity contribution >= 4 is 34.7 Å². The number of anilines is 2. The molecule has 1 aliphatic heterocycles. The monoisotopic (exact) mass is 437 g/mol. The molecule has 0 aliphatic carbocycles. The maximum atomic E-state index is 14.4. The summed E-state index contributed by atoms with van der Waals surface area (Å²) in [5.74, 6) is 0.456. The lowest BCUT2D eigenvalue weighted by atomic mass is 10.2. The summed E-state index contributed by atoms with van der Waals surface area (Å²) >= 11 is 0. The van der Waals surface area contributed by atoms with E-state index in [9.17, 15) is 9.18 Å². The number of aromatic nitrogens is 2. The molecule has 166 valence electrons. The molecule has 0 radical (unpaired) electrons. The molecule has 2 aromatic carbocycles. The Bertz CT molecular complexity index is 1160. The normalized spacial score (nSPS) is 14.5. The highest BCUT2D eigenvalue weighted by atomic mass is 19.1. The lowest BCUT2D eigenvalue weighted by Crippen LogP contribution is -2.49. The van der Waals surface area contributed by atoms with Crippen molar-refractivity contribution in [3.63, 3.8) is 0 Å². The predicted octanol–water partition coefficient (Wildman–Crippen LogP) is 2.89. The first kappa shape index (κ1) is 21.4. The smallest absolute Gasteiger partial charge is 0.282 e. The summed E-state index contributed by atoms with van der Waals surface area (Å²) in [4.78, 5) is 24.9. The second-order valence-corrected chi connectivity index (χ2v) is 7.32. The van der Waals surface area contributed by atoms with E-state index in [0.717, 1.165) is 0 Å². The molecule has 0 atom stereocenters. The van der Waals surface area contributed by atoms with Gasteiger partial charge in [0.05, 0.1) is 19.7 Å². The summed E-state index contributed by atoms with van der Waals surface area (Å²) in [7, 11) is 3.10. The molecule has 2 N–H and O–H groups in total. The predicted molar refractivity (Wildman–Crippen MR) is 121 cm³/mol. The summed E-state index contributed by atoms with van der Waals surface area (Å²) < 4.78 is 25.1. The molecule has 32 heavy (non-hydrogen) atoms. The Labute approximate surface area is 185 Å². The topological polar surface area (TPSA) is 93.8 Å². The van der Waals surface area contributed by atoms with E-state index in [1.54, 1.807) is 50.6 Å². The Hall–Kier alpha value is -3.88. The number of fused-ring (bicyclic) bond motifs is 1. The van der Waals surface area contributed by atoms with E-state index in [1.807, 2.05) is 11.0 Å². The van der Waals surface area contributed by atoms with Gasteiger partial charge in [0.2, 0.25) is 5.95 Å². The first-order valence-corrected chi connectivity index (χ1v) is 10.2. The Morgan fingerprint density at radius 3 is 2.34 bits per heavy atom. The number of piperazine rings is 1. The molecule has 0 spiro atoms. The third-order valence-electron chi connectivity index (χ3n) is 5.37. The lowest BCUT2D eigenvalue weighted by Gasteiger charge is -2.34. The number of ether oxygens (including phenoxy) is 2. The number of halogens is 1. The first-order valence-electron chi connectivity index (χ1n) is 10.2. The Balaban J connectivity index is 1.49. The van der Waals surface area contributed by atoms with Crippen molar-refractivity contribution < 1.29 is 18.7 Å². The Morgan fingerprint density at radius 2 is 1.69 bits per heavy atom. The maximum Gasteiger partial charge on any atom is 0.282 e. The molecule has 1 fully saturated rings. The van der Waals surface area contributed by atoms with Crippen molar-refractivity contribution in [2.75, 3.05) is 51.0 Å². The standard InChI is InChI=1S/C23H24FN5O3/c1-31-19-13-16-18(14-20(19)32-2)26-23(27-21(16)25)29-10-8-28(9-11-29)22(30)17(24)12-15-6-4-3-5-7-15/h3-7,12-14H,8-11H2,1-2H3,(H2,25,26,27)/b17-12-. The summed E-state index contributed by atoms with van der Waals surface area (Å²) in [6.45, 7) is 1.62. The van der Waals surface area contributed by atoms with Crippen LogP contribution in [0.5, 0.6) is 11.5 Å². The average molecular weight is 437 g/mol. The van der Waals surface area contributed by atoms with Crippen molar-refractivity contribution in [3.05, 3.63) is 53.9 Å². The quantitative estimate of drug-likeness (QED) is 0.614. The third-order valence-corrected chi connectivity index (χ3v) is 5.37. The van der Waals surface area contributed by atoms with E-state index in [0.29, 0.717) is 65.9 Å². The van der Waals surface area contributed by atoms with E-state index in [-0.39, 0.29) is 0 Å². The molecule has 0 saturated carbocycles. The van der Waals surface area contributed by atoms with Gasteiger partial charge in [-0.25, -0.2) is 9.37 Å². The van der Waals surface area contributed by atoms with E-state index in [2.05, 4.69) is 9.97 Å². The fourth-order valence-corrected chi connectivity index (χ4v) is 3.63. The number of hydrogen-bond acceptors (Lipinski definition) is 7. The number of carbonyl (C=O) groups is 1. The molecule has 4 rings (SSSR count). The highest BCUT2D eigenvalue weighted by Gasteiger charge is 2.25. The second kappa shape index (κ2) is 9.09. The van der Waals surface area contributed by atoms with Crippen LogP contribution in [0.4, 0.5) is 16.2 Å². The minimum atomic E-state index is -0.781. The van der Waals surface area contributed by atoms with Crippen molar-refractivity contribution in [3.8, 4) is 11.5 Å². The van der Waals surface area contributed by atoms with Crippen LogP contribution in [-0.2, 0) is 4.79 Å². The molecular formula is C23H24FN5O3. The number of nitrogens with two attached hydrogens (primary N) is 1. The van der Waals surface area contributed by atoms with Crippen LogP contribution in [0.25, 0.3) is 17.0 Å². The minimum absolute atomic E-state index is 0.321. The molecule has 0 unspecified atom stereocenters. The highest BCUT2D eigenvalue weighted by Crippen LogP contribution is 2.34. The number of nitrogen functional groups attached to an aromatic ring is 1. The van der Waals surface area contributed by atoms with Gasteiger partial charge in [-0.1, -0.05) is 30.3 Å². The van der Waals surface area contributed by atoms with Gasteiger partial charge in [-0.3, -0.25) is 4.79 Å². The molecule has 1 saturated heterocycles. The number of amides is 1. The van der Waals surface area contributed by atoms with Crippen LogP contribution >= 0.6 is 0 Å². The van der Waals surface area contributed by atoms with Gasteiger partial charge in [-0.2, -0.15) is 4.98 Å². The van der Waals surface area contributed by atoms with Crippen LogP contribution in [0, 0.1) is 0 Å². The molecule has 0 bridgehead atoms. The van der Waals surface area contributed by atoms with Crippen LogP contribution in [0.15, 0.2) is 48.3 Å². The number of hydrogen-bond donors (Lipinski definition) is 1. The van der Waals surface area contributed by atoms with Crippen molar-refractivity contribution in [2.45, 2.75) is 0 Å². The Morgan fingerprint density at radius 1 is 1.03 bits per heavy atom. The minimum Gasteiger partial charge on any atom is -0.493 e. The summed E-state index contributed by atoms with van der Waals surface area (Å²) in [6.07, 6.45) is 1.25. The van der Waals surface area contributed by atoms with Crippen molar-refractivity contribution in [1.82, 2.24) is 14.9 Å². The number of rotatable bonds is 5. The zero-order valence-electron chi connectivity index (χ0n) is 17.9. The lowest BCUT2D eigenvalue weighted by molar-refractivity contribution is -0.128. The fourth-order valence-electron chi connectivity index (χ4n) is 3.63. The summed E-state index contributed by atoms with van der Waals surface area (Å²) in [6, 6.07) is 12.4. The maximum absolute atomic E-state index is 14.4. The van der Waals surface area contributed by atoms with Gasteiger partial charge in [0, 0.05) is 37.6 Å². The number of carbonyl (C=O) groups excluding carboxylic acids is 1. The van der Waals surface area contributed by atoms with E-state index in [1.165, 1.54) is 11.0 Å². The van der Waals surface area contributed by atoms with E-state index in [4.69, 9.17) is 15.2 Å². The molecule has 9 heteroatoms. The highest BCUT2D eigenvalue weighted by molar-refractivity contribution is 5.96. The van der Waals surface area contributed by atoms with Crippen LogP contribution in [0.2, 0.25) is 0 Å². The van der Waals surface area contributed by atoms with Gasteiger partial charge in [0.25, 0.3) is 5.91 Å². The molecule has 2 heterocycles. The SMILES string of the molecule is COc1cc2nc(N3CCN(C(=O)/C(F)=C/c4ccccc4)CC3)nc(N)c2cc1OC. The molecule has 3 aromatic rings. The molecule has 1 aliphatic rings. The zero-order valence-corrected chi connectivity index (χ0v) is 17.9.